The number of carbonyl (C=O) groups is 3. The molecular weight excluding hydrogens is 712 g/mol. The van der Waals surface area contributed by atoms with E-state index in [1.54, 1.807) is 24.3 Å². The Hall–Kier alpha value is -4.76. The highest BCUT2D eigenvalue weighted by Crippen LogP contribution is 2.36. The second kappa shape index (κ2) is 22.3. The van der Waals surface area contributed by atoms with Gasteiger partial charge in [0.05, 0.1) is 25.4 Å². The molecule has 53 heavy (non-hydrogen) atoms. The summed E-state index contributed by atoms with van der Waals surface area (Å²) in [4.78, 5) is 51.2. The first-order valence-electron chi connectivity index (χ1n) is 17.3. The zero-order valence-corrected chi connectivity index (χ0v) is 30.4. The van der Waals surface area contributed by atoms with Gasteiger partial charge >= 0.3 is 11.9 Å². The number of hydrogen-bond acceptors (Lipinski definition) is 12. The number of rotatable bonds is 21. The number of benzene rings is 2. The quantitative estimate of drug-likeness (QED) is 0.0264. The van der Waals surface area contributed by atoms with Crippen molar-refractivity contribution in [3.63, 3.8) is 0 Å². The first kappa shape index (κ1) is 42.7. The maximum atomic E-state index is 12.7. The molecule has 0 aliphatic heterocycles. The number of aryl methyl sites for hydroxylation is 1. The lowest BCUT2D eigenvalue weighted by Gasteiger charge is -2.19. The second-order valence-corrected chi connectivity index (χ2v) is 12.9. The van der Waals surface area contributed by atoms with Crippen LogP contribution < -0.4 is 14.8 Å². The first-order valence-corrected chi connectivity index (χ1v) is 17.7. The zero-order chi connectivity index (χ0) is 38.8. The Morgan fingerprint density at radius 3 is 2.62 bits per heavy atom. The van der Waals surface area contributed by atoms with Crippen molar-refractivity contribution in [1.29, 1.82) is 0 Å². The van der Waals surface area contributed by atoms with E-state index in [-0.39, 0.29) is 48.7 Å². The number of methoxy groups -OCH3 is 1. The molecule has 288 valence electrons. The summed E-state index contributed by atoms with van der Waals surface area (Å²) in [5, 5.41) is 44.0. The molecule has 2 aromatic rings. The van der Waals surface area contributed by atoms with Crippen LogP contribution in [0, 0.1) is 22.0 Å². The number of allylic oxidation sites excluding steroid dienone is 2. The number of aliphatic hydroxyl groups excluding tert-OH is 3. The summed E-state index contributed by atoms with van der Waals surface area (Å²) in [6.45, 7) is 0.808. The number of unbranched alkanes of at least 4 members (excludes halogenated alkanes) is 1. The van der Waals surface area contributed by atoms with Crippen LogP contribution in [0.3, 0.4) is 0 Å². The normalized spacial score (nSPS) is 19.7. The molecule has 1 fully saturated rings. The van der Waals surface area contributed by atoms with Crippen molar-refractivity contribution in [2.75, 3.05) is 20.3 Å². The predicted octanol–water partition coefficient (Wildman–Crippen LogP) is 4.55. The maximum absolute atomic E-state index is 12.7. The Kier molecular flexibility index (Phi) is 18.0. The van der Waals surface area contributed by atoms with Gasteiger partial charge in [0.2, 0.25) is 5.91 Å². The minimum absolute atomic E-state index is 0.100. The van der Waals surface area contributed by atoms with Gasteiger partial charge in [0.15, 0.2) is 11.5 Å². The molecule has 0 saturated heterocycles. The van der Waals surface area contributed by atoms with Crippen molar-refractivity contribution in [1.82, 2.24) is 5.32 Å². The summed E-state index contributed by atoms with van der Waals surface area (Å²) in [6.07, 6.45) is 11.0. The number of nitrogens with zero attached hydrogens (tertiary/aromatic N) is 1. The van der Waals surface area contributed by atoms with Crippen molar-refractivity contribution >= 4 is 35.5 Å². The van der Waals surface area contributed by atoms with Crippen molar-refractivity contribution in [3.05, 3.63) is 99.1 Å². The van der Waals surface area contributed by atoms with Gasteiger partial charge in [-0.15, -0.1) is 10.1 Å². The third-order valence-corrected chi connectivity index (χ3v) is 8.74. The van der Waals surface area contributed by atoms with Crippen molar-refractivity contribution in [2.45, 2.75) is 76.2 Å². The molecule has 6 atom stereocenters. The number of carbonyl (C=O) groups excluding carboxylic acids is 3. The lowest BCUT2D eigenvalue weighted by atomic mass is 9.89. The molecule has 1 aliphatic carbocycles. The molecule has 0 radical (unpaired) electrons. The van der Waals surface area contributed by atoms with E-state index in [1.807, 2.05) is 30.4 Å². The Labute approximate surface area is 313 Å². The lowest BCUT2D eigenvalue weighted by Crippen LogP contribution is -2.40. The van der Waals surface area contributed by atoms with E-state index in [1.165, 1.54) is 32.2 Å². The van der Waals surface area contributed by atoms with Gasteiger partial charge in [-0.05, 0) is 86.4 Å². The lowest BCUT2D eigenvalue weighted by molar-refractivity contribution is -0.757. The van der Waals surface area contributed by atoms with Gasteiger partial charge in [-0.1, -0.05) is 54.1 Å². The van der Waals surface area contributed by atoms with E-state index in [0.717, 1.165) is 11.6 Å². The van der Waals surface area contributed by atoms with Crippen LogP contribution in [-0.4, -0.2) is 82.9 Å². The van der Waals surface area contributed by atoms with Gasteiger partial charge < -0.3 is 39.7 Å². The summed E-state index contributed by atoms with van der Waals surface area (Å²) in [5.74, 6) is -2.00. The van der Waals surface area contributed by atoms with Crippen LogP contribution in [0.2, 0.25) is 5.02 Å². The van der Waals surface area contributed by atoms with Gasteiger partial charge in [-0.25, -0.2) is 9.59 Å². The minimum atomic E-state index is -0.990. The number of ether oxygens (including phenoxy) is 3. The van der Waals surface area contributed by atoms with Gasteiger partial charge in [0, 0.05) is 29.9 Å². The van der Waals surface area contributed by atoms with Crippen LogP contribution >= 0.6 is 11.6 Å². The number of hydrogen-bond donors (Lipinski definition) is 4. The maximum Gasteiger partial charge on any atom is 0.333 e. The number of esters is 2. The monoisotopic (exact) mass is 758 g/mol. The Morgan fingerprint density at radius 1 is 1.09 bits per heavy atom. The highest BCUT2D eigenvalue weighted by atomic mass is 35.5. The molecule has 4 N–H and O–H groups in total. The molecule has 2 aromatic carbocycles. The standard InChI is InChI=1S/C38H47ClN2O12/c1-25(38(47)53-34-18-13-27(23-35(34)50-2)14-19-37(46)51-20-21-52-41(48)49)40-36(45)11-6-4-3-5-10-30-31(33(44)24-32(30)43)17-16-29(42)15-12-26-8-7-9-28(39)22-26/h3,5,7-9,13-14,16-19,22-23,25,29-33,42-44H,4,6,10-12,15,20-21,24H2,1-2H3,(H,40,45)/t25?,29-,30+,31+,32-,33+/m0/s1. The molecular formula is C38H47ClN2O12. The summed E-state index contributed by atoms with van der Waals surface area (Å²) in [5.41, 5.74) is 1.54. The van der Waals surface area contributed by atoms with E-state index in [4.69, 9.17) is 25.8 Å². The SMILES string of the molecule is COc1cc(C=CC(=O)OCCO[N+](=O)[O-])ccc1OC(=O)C(C)NC(=O)CCCC=CC[C@@H]1[C@@H](C=C[C@@H](O)CCc2cccc(Cl)c2)[C@H](O)C[C@@H]1O. The smallest absolute Gasteiger partial charge is 0.333 e. The van der Waals surface area contributed by atoms with Crippen molar-refractivity contribution in [3.8, 4) is 11.5 Å². The van der Waals surface area contributed by atoms with Crippen LogP contribution in [0.4, 0.5) is 0 Å². The number of amides is 1. The largest absolute Gasteiger partial charge is 0.493 e. The first-order chi connectivity index (χ1) is 25.4. The summed E-state index contributed by atoms with van der Waals surface area (Å²) >= 11 is 6.04. The van der Waals surface area contributed by atoms with Crippen LogP contribution in [-0.2, 0) is 30.4 Å². The molecule has 1 saturated carbocycles. The van der Waals surface area contributed by atoms with Gasteiger partial charge in [0.1, 0.15) is 19.3 Å². The summed E-state index contributed by atoms with van der Waals surface area (Å²) in [6, 6.07) is 11.1. The van der Waals surface area contributed by atoms with Gasteiger partial charge in [-0.3, -0.25) is 4.79 Å². The highest BCUT2D eigenvalue weighted by molar-refractivity contribution is 6.30. The molecule has 1 aliphatic rings. The van der Waals surface area contributed by atoms with Gasteiger partial charge in [-0.2, -0.15) is 0 Å². The fraction of sp³-hybridized carbons (Fsp3) is 0.447. The third kappa shape index (κ3) is 15.4. The molecule has 3 rings (SSSR count). The average molecular weight is 759 g/mol. The number of halogens is 1. The van der Waals surface area contributed by atoms with E-state index in [9.17, 15) is 39.8 Å². The summed E-state index contributed by atoms with van der Waals surface area (Å²) < 4.78 is 15.5. The molecule has 0 bridgehead atoms. The fourth-order valence-corrected chi connectivity index (χ4v) is 5.94. The minimum Gasteiger partial charge on any atom is -0.493 e. The van der Waals surface area contributed by atoms with Crippen molar-refractivity contribution in [2.24, 2.45) is 11.8 Å². The van der Waals surface area contributed by atoms with E-state index in [0.29, 0.717) is 42.7 Å². The Balaban J connectivity index is 1.38. The second-order valence-electron chi connectivity index (χ2n) is 12.5. The highest BCUT2D eigenvalue weighted by Gasteiger charge is 2.39. The third-order valence-electron chi connectivity index (χ3n) is 8.50. The number of aliphatic hydroxyl groups is 3. The summed E-state index contributed by atoms with van der Waals surface area (Å²) in [7, 11) is 1.37. The molecule has 1 unspecified atom stereocenters. The van der Waals surface area contributed by atoms with Crippen molar-refractivity contribution < 1.29 is 53.8 Å². The van der Waals surface area contributed by atoms with Gasteiger partial charge in [0.25, 0.3) is 5.09 Å². The van der Waals surface area contributed by atoms with Crippen LogP contribution in [0.5, 0.6) is 11.5 Å². The molecule has 0 spiro atoms. The zero-order valence-electron chi connectivity index (χ0n) is 29.7. The van der Waals surface area contributed by atoms with Crippen LogP contribution in [0.1, 0.15) is 56.6 Å². The van der Waals surface area contributed by atoms with E-state index < -0.39 is 48.0 Å². The molecule has 14 nitrogen and oxygen atoms in total. The molecule has 0 aromatic heterocycles. The predicted molar refractivity (Wildman–Crippen MR) is 195 cm³/mol. The molecule has 1 amide bonds. The molecule has 0 heterocycles. The van der Waals surface area contributed by atoms with E-state index in [2.05, 4.69) is 10.2 Å². The average Bonchev–Trinajstić information content (AvgIpc) is 3.39. The van der Waals surface area contributed by atoms with Crippen LogP contribution in [0.15, 0.2) is 72.8 Å². The fourth-order valence-electron chi connectivity index (χ4n) is 5.73. The number of nitrogens with one attached hydrogen (secondary N) is 1. The van der Waals surface area contributed by atoms with E-state index >= 15 is 0 Å². The Morgan fingerprint density at radius 2 is 1.89 bits per heavy atom. The Bertz CT molecular complexity index is 1610. The van der Waals surface area contributed by atoms with Crippen LogP contribution in [0.25, 0.3) is 6.08 Å². The molecule has 15 heteroatoms. The topological polar surface area (TPSA) is 204 Å².